The van der Waals surface area contributed by atoms with Gasteiger partial charge in [0.1, 0.15) is 18.1 Å². The van der Waals surface area contributed by atoms with Gasteiger partial charge >= 0.3 is 17.9 Å². The number of hydrogen-bond donors (Lipinski definition) is 7. The lowest BCUT2D eigenvalue weighted by Gasteiger charge is -2.28. The van der Waals surface area contributed by atoms with E-state index in [-0.39, 0.29) is 18.8 Å². The number of carbonyl (C=O) groups excluding carboxylic acids is 3. The Morgan fingerprint density at radius 1 is 0.686 bits per heavy atom. The Bertz CT molecular complexity index is 774. The summed E-state index contributed by atoms with van der Waals surface area (Å²) in [5, 5.41) is 34.3. The molecule has 0 saturated heterocycles. The summed E-state index contributed by atoms with van der Waals surface area (Å²) in [7, 11) is 0. The molecular weight excluding hydrogens is 464 g/mol. The Kier molecular flexibility index (Phi) is 14.2. The molecule has 0 aliphatic rings. The fraction of sp³-hybridized carbons (Fsp3) is 0.727. The van der Waals surface area contributed by atoms with Crippen molar-refractivity contribution in [3.8, 4) is 0 Å². The van der Waals surface area contributed by atoms with Crippen LogP contribution in [0.15, 0.2) is 0 Å². The van der Waals surface area contributed by atoms with Crippen molar-refractivity contribution in [3.63, 3.8) is 0 Å². The molecule has 0 aromatic heterocycles. The van der Waals surface area contributed by atoms with Crippen LogP contribution in [-0.4, -0.2) is 75.1 Å². The third-order valence-electron chi connectivity index (χ3n) is 5.89. The van der Waals surface area contributed by atoms with Gasteiger partial charge in [0.15, 0.2) is 0 Å². The minimum absolute atomic E-state index is 0.199. The SMILES string of the molecule is CCC(C)C(N)C(=O)NC(CCC(=O)O)C(=O)NC(C(=O)NC(CCC(=O)O)C(=O)O)C(C)CC. The average Bonchev–Trinajstić information content (AvgIpc) is 2.79. The minimum atomic E-state index is -1.49. The summed E-state index contributed by atoms with van der Waals surface area (Å²) < 4.78 is 0. The Morgan fingerprint density at radius 3 is 1.57 bits per heavy atom. The number of nitrogens with two attached hydrogens (primary N) is 1. The molecular formula is C22H38N4O9. The summed E-state index contributed by atoms with van der Waals surface area (Å²) >= 11 is 0. The average molecular weight is 503 g/mol. The topological polar surface area (TPSA) is 225 Å². The van der Waals surface area contributed by atoms with Crippen LogP contribution < -0.4 is 21.7 Å². The van der Waals surface area contributed by atoms with E-state index in [2.05, 4.69) is 16.0 Å². The molecule has 0 saturated carbocycles. The molecule has 8 N–H and O–H groups in total. The van der Waals surface area contributed by atoms with Crippen LogP contribution >= 0.6 is 0 Å². The second kappa shape index (κ2) is 15.6. The molecule has 0 heterocycles. The highest BCUT2D eigenvalue weighted by atomic mass is 16.4. The molecule has 0 aliphatic carbocycles. The van der Waals surface area contributed by atoms with Crippen LogP contribution in [-0.2, 0) is 28.8 Å². The van der Waals surface area contributed by atoms with Crippen LogP contribution in [0.25, 0.3) is 0 Å². The number of hydrogen-bond acceptors (Lipinski definition) is 7. The van der Waals surface area contributed by atoms with E-state index >= 15 is 0 Å². The smallest absolute Gasteiger partial charge is 0.326 e. The van der Waals surface area contributed by atoms with Crippen molar-refractivity contribution in [1.29, 1.82) is 0 Å². The van der Waals surface area contributed by atoms with E-state index in [4.69, 9.17) is 15.9 Å². The summed E-state index contributed by atoms with van der Waals surface area (Å²) in [4.78, 5) is 71.6. The lowest BCUT2D eigenvalue weighted by molar-refractivity contribution is -0.143. The first-order chi connectivity index (χ1) is 16.2. The highest BCUT2D eigenvalue weighted by Gasteiger charge is 2.33. The third-order valence-corrected chi connectivity index (χ3v) is 5.89. The first-order valence-corrected chi connectivity index (χ1v) is 11.6. The number of carbonyl (C=O) groups is 6. The van der Waals surface area contributed by atoms with Gasteiger partial charge in [-0.25, -0.2) is 4.79 Å². The largest absolute Gasteiger partial charge is 0.481 e. The van der Waals surface area contributed by atoms with E-state index in [0.717, 1.165) is 0 Å². The van der Waals surface area contributed by atoms with Crippen molar-refractivity contribution in [1.82, 2.24) is 16.0 Å². The van der Waals surface area contributed by atoms with Gasteiger partial charge in [0.05, 0.1) is 6.04 Å². The van der Waals surface area contributed by atoms with E-state index < -0.39 is 78.6 Å². The van der Waals surface area contributed by atoms with E-state index in [9.17, 15) is 33.9 Å². The number of aliphatic carboxylic acids is 3. The highest BCUT2D eigenvalue weighted by Crippen LogP contribution is 2.12. The maximum absolute atomic E-state index is 13.0. The highest BCUT2D eigenvalue weighted by molar-refractivity contribution is 5.94. The standard InChI is InChI=1S/C22H38N4O9/c1-5-11(3)17(23)20(32)24-13(7-9-15(27)28)19(31)26-18(12(4)6-2)21(33)25-14(22(34)35)8-10-16(29)30/h11-14,17-18H,5-10,23H2,1-4H3,(H,24,32)(H,25,33)(H,26,31)(H,27,28)(H,29,30)(H,34,35). The van der Waals surface area contributed by atoms with Crippen LogP contribution in [0.4, 0.5) is 0 Å². The van der Waals surface area contributed by atoms with Gasteiger partial charge in [0.25, 0.3) is 0 Å². The van der Waals surface area contributed by atoms with Crippen LogP contribution in [0.3, 0.4) is 0 Å². The zero-order valence-electron chi connectivity index (χ0n) is 20.6. The quantitative estimate of drug-likeness (QED) is 0.137. The van der Waals surface area contributed by atoms with Crippen LogP contribution in [0.2, 0.25) is 0 Å². The Balaban J connectivity index is 5.66. The molecule has 0 aromatic rings. The first kappa shape index (κ1) is 31.8. The molecule has 0 radical (unpaired) electrons. The number of carboxylic acids is 3. The van der Waals surface area contributed by atoms with Gasteiger partial charge in [-0.05, 0) is 24.7 Å². The van der Waals surface area contributed by atoms with Crippen molar-refractivity contribution in [2.24, 2.45) is 17.6 Å². The predicted octanol–water partition coefficient (Wildman–Crippen LogP) is -0.325. The summed E-state index contributed by atoms with van der Waals surface area (Å²) in [6.45, 7) is 6.97. The molecule has 0 bridgehead atoms. The molecule has 0 aliphatic heterocycles. The van der Waals surface area contributed by atoms with Crippen LogP contribution in [0.5, 0.6) is 0 Å². The zero-order chi connectivity index (χ0) is 27.3. The Labute approximate surface area is 204 Å². The van der Waals surface area contributed by atoms with Crippen molar-refractivity contribution in [3.05, 3.63) is 0 Å². The second-order valence-corrected chi connectivity index (χ2v) is 8.61. The summed E-state index contributed by atoms with van der Waals surface area (Å²) in [6, 6.07) is -4.93. The molecule has 0 rings (SSSR count). The van der Waals surface area contributed by atoms with Crippen molar-refractivity contribution in [2.45, 2.75) is 90.4 Å². The predicted molar refractivity (Wildman–Crippen MR) is 124 cm³/mol. The van der Waals surface area contributed by atoms with E-state index in [1.807, 2.05) is 6.92 Å². The van der Waals surface area contributed by atoms with Crippen molar-refractivity contribution >= 4 is 35.6 Å². The van der Waals surface area contributed by atoms with Crippen LogP contribution in [0.1, 0.15) is 66.2 Å². The second-order valence-electron chi connectivity index (χ2n) is 8.61. The lowest BCUT2D eigenvalue weighted by atomic mass is 9.96. The number of carboxylic acid groups (broad SMARTS) is 3. The van der Waals surface area contributed by atoms with Gasteiger partial charge in [0.2, 0.25) is 17.7 Å². The number of rotatable bonds is 17. The van der Waals surface area contributed by atoms with E-state index in [1.54, 1.807) is 20.8 Å². The summed E-state index contributed by atoms with van der Waals surface area (Å²) in [5.74, 6) is -6.83. The van der Waals surface area contributed by atoms with Crippen molar-refractivity contribution < 1.29 is 44.1 Å². The molecule has 13 nitrogen and oxygen atoms in total. The number of nitrogens with one attached hydrogen (secondary N) is 3. The van der Waals surface area contributed by atoms with Crippen molar-refractivity contribution in [2.75, 3.05) is 0 Å². The first-order valence-electron chi connectivity index (χ1n) is 11.6. The van der Waals surface area contributed by atoms with Gasteiger partial charge in [-0.2, -0.15) is 0 Å². The van der Waals surface area contributed by atoms with Gasteiger partial charge in [-0.1, -0.05) is 40.5 Å². The van der Waals surface area contributed by atoms with Gasteiger partial charge in [-0.3, -0.25) is 24.0 Å². The van der Waals surface area contributed by atoms with Gasteiger partial charge in [-0.15, -0.1) is 0 Å². The molecule has 0 spiro atoms. The fourth-order valence-electron chi connectivity index (χ4n) is 3.06. The molecule has 35 heavy (non-hydrogen) atoms. The Hall–Kier alpha value is -3.22. The van der Waals surface area contributed by atoms with Gasteiger partial charge in [0, 0.05) is 12.8 Å². The summed E-state index contributed by atoms with van der Waals surface area (Å²) in [5.41, 5.74) is 5.91. The van der Waals surface area contributed by atoms with E-state index in [0.29, 0.717) is 12.8 Å². The fourth-order valence-corrected chi connectivity index (χ4v) is 3.06. The molecule has 13 heteroatoms. The number of amides is 3. The normalized spacial score (nSPS) is 16.0. The Morgan fingerprint density at radius 2 is 1.14 bits per heavy atom. The lowest BCUT2D eigenvalue weighted by Crippen LogP contribution is -2.59. The summed E-state index contributed by atoms with van der Waals surface area (Å²) in [6.07, 6.45) is -0.530. The third kappa shape index (κ3) is 11.7. The van der Waals surface area contributed by atoms with Gasteiger partial charge < -0.3 is 37.0 Å². The molecule has 6 unspecified atom stereocenters. The molecule has 200 valence electrons. The van der Waals surface area contributed by atoms with Crippen LogP contribution in [0, 0.1) is 11.8 Å². The van der Waals surface area contributed by atoms with E-state index in [1.165, 1.54) is 0 Å². The minimum Gasteiger partial charge on any atom is -0.481 e. The molecule has 6 atom stereocenters. The monoisotopic (exact) mass is 502 g/mol. The molecule has 0 aromatic carbocycles. The maximum atomic E-state index is 13.0. The molecule has 0 fully saturated rings. The zero-order valence-corrected chi connectivity index (χ0v) is 20.6. The maximum Gasteiger partial charge on any atom is 0.326 e. The molecule has 3 amide bonds.